The molecule has 0 fully saturated rings. The zero-order valence-corrected chi connectivity index (χ0v) is 20.5. The molecule has 3 aromatic carbocycles. The number of hydrogen-bond acceptors (Lipinski definition) is 6. The Balaban J connectivity index is 1.30. The lowest BCUT2D eigenvalue weighted by atomic mass is 10.1. The predicted molar refractivity (Wildman–Crippen MR) is 137 cm³/mol. The lowest BCUT2D eigenvalue weighted by molar-refractivity contribution is 0.0691. The van der Waals surface area contributed by atoms with Crippen molar-refractivity contribution in [2.24, 2.45) is 7.05 Å². The Hall–Kier alpha value is -4.93. The second-order valence-electron chi connectivity index (χ2n) is 8.80. The first-order valence-corrected chi connectivity index (χ1v) is 11.8. The monoisotopic (exact) mass is 517 g/mol. The van der Waals surface area contributed by atoms with Gasteiger partial charge in [0.1, 0.15) is 46.7 Å². The first-order chi connectivity index (χ1) is 18.2. The third kappa shape index (κ3) is 4.61. The van der Waals surface area contributed by atoms with E-state index in [2.05, 4.69) is 15.3 Å². The number of aromatic amines is 1. The number of fused-ring (bicyclic) bond motifs is 2. The third-order valence-electron chi connectivity index (χ3n) is 6.29. The molecule has 2 heterocycles. The highest BCUT2D eigenvalue weighted by Crippen LogP contribution is 2.30. The second kappa shape index (κ2) is 9.85. The average molecular weight is 518 g/mol. The van der Waals surface area contributed by atoms with E-state index in [0.29, 0.717) is 28.2 Å². The molecule has 5 aromatic rings. The number of nitrogens with one attached hydrogen (secondary N) is 2. The topological polar surface area (TPSA) is 142 Å². The number of phenols is 1. The highest BCUT2D eigenvalue weighted by atomic mass is 19.1. The number of amides is 1. The molecule has 0 bridgehead atoms. The van der Waals surface area contributed by atoms with Crippen LogP contribution in [0.1, 0.15) is 45.2 Å². The number of aryl methyl sites for hydroxylation is 1. The number of para-hydroxylation sites is 1. The maximum Gasteiger partial charge on any atom is 0.339 e. The van der Waals surface area contributed by atoms with Gasteiger partial charge in [0, 0.05) is 18.7 Å². The van der Waals surface area contributed by atoms with Gasteiger partial charge in [0.05, 0.1) is 29.0 Å². The number of carbonyl (C=O) groups is 2. The van der Waals surface area contributed by atoms with Gasteiger partial charge in [0.25, 0.3) is 5.91 Å². The molecule has 0 aliphatic heterocycles. The van der Waals surface area contributed by atoms with Gasteiger partial charge in [-0.05, 0) is 43.3 Å². The van der Waals surface area contributed by atoms with Gasteiger partial charge in [-0.15, -0.1) is 0 Å². The predicted octanol–water partition coefficient (Wildman–Crippen LogP) is 3.95. The molecule has 0 spiro atoms. The van der Waals surface area contributed by atoms with E-state index in [9.17, 15) is 24.2 Å². The fraction of sp³-hybridized carbons (Fsp3) is 0.185. The van der Waals surface area contributed by atoms with Gasteiger partial charge in [0.15, 0.2) is 0 Å². The summed E-state index contributed by atoms with van der Waals surface area (Å²) in [5, 5.41) is 22.0. The summed E-state index contributed by atoms with van der Waals surface area (Å²) in [4.78, 5) is 36.2. The minimum Gasteiger partial charge on any atom is -0.505 e. The molecule has 0 radical (unpaired) electrons. The Bertz CT molecular complexity index is 1690. The number of aromatic carboxylic acids is 1. The number of aromatic hydroxyl groups is 1. The number of nitrogens with zero attached hydrogens (tertiary/aromatic N) is 3. The smallest absolute Gasteiger partial charge is 0.339 e. The molecule has 1 unspecified atom stereocenters. The molecule has 1 atom stereocenters. The molecule has 0 aliphatic rings. The van der Waals surface area contributed by atoms with E-state index in [1.165, 1.54) is 12.1 Å². The van der Waals surface area contributed by atoms with Crippen molar-refractivity contribution in [1.82, 2.24) is 24.8 Å². The Morgan fingerprint density at radius 1 is 1.16 bits per heavy atom. The van der Waals surface area contributed by atoms with Crippen molar-refractivity contribution >= 4 is 33.9 Å². The summed E-state index contributed by atoms with van der Waals surface area (Å²) >= 11 is 0. The van der Waals surface area contributed by atoms with Crippen LogP contribution >= 0.6 is 0 Å². The number of carboxylic acid groups (broad SMARTS) is 1. The van der Waals surface area contributed by atoms with Crippen LogP contribution in [0.2, 0.25) is 0 Å². The van der Waals surface area contributed by atoms with E-state index < -0.39 is 11.8 Å². The maximum absolute atomic E-state index is 13.7. The summed E-state index contributed by atoms with van der Waals surface area (Å²) in [5.74, 6) is -1.11. The zero-order chi connectivity index (χ0) is 27.0. The SMILES string of the molecule is CC(c1nc2c(O)cc(F)cc2[nH]1)c1nc2ccc(C(=O)NCCOc3ccccc3C(=O)O)cc2n1C. The average Bonchev–Trinajstić information content (AvgIpc) is 3.47. The standard InChI is InChI=1S/C27H24FN5O5/c1-14(24-30-19-12-16(28)13-21(34)23(19)32-24)25-31-18-8-7-15(11-20(18)33(25)2)26(35)29-9-10-38-22-6-4-3-5-17(22)27(36)37/h3-8,11-14,34H,9-10H2,1-2H3,(H,29,35)(H,30,32)(H,36,37). The van der Waals surface area contributed by atoms with Crippen molar-refractivity contribution < 1.29 is 28.9 Å². The van der Waals surface area contributed by atoms with Crippen LogP contribution in [-0.2, 0) is 7.05 Å². The van der Waals surface area contributed by atoms with Crippen LogP contribution in [0.25, 0.3) is 22.1 Å². The lowest BCUT2D eigenvalue weighted by Gasteiger charge is -2.10. The normalized spacial score (nSPS) is 12.1. The molecule has 10 nitrogen and oxygen atoms in total. The van der Waals surface area contributed by atoms with Crippen molar-refractivity contribution in [1.29, 1.82) is 0 Å². The molecule has 5 rings (SSSR count). The highest BCUT2D eigenvalue weighted by molar-refractivity contribution is 5.97. The fourth-order valence-corrected chi connectivity index (χ4v) is 4.35. The Morgan fingerprint density at radius 2 is 1.95 bits per heavy atom. The number of imidazole rings is 2. The summed E-state index contributed by atoms with van der Waals surface area (Å²) in [7, 11) is 1.83. The number of H-pyrrole nitrogens is 1. The van der Waals surface area contributed by atoms with E-state index in [1.54, 1.807) is 36.4 Å². The van der Waals surface area contributed by atoms with Crippen molar-refractivity contribution in [2.75, 3.05) is 13.2 Å². The van der Waals surface area contributed by atoms with Gasteiger partial charge < -0.3 is 29.8 Å². The second-order valence-corrected chi connectivity index (χ2v) is 8.80. The third-order valence-corrected chi connectivity index (χ3v) is 6.29. The van der Waals surface area contributed by atoms with E-state index in [0.717, 1.165) is 11.6 Å². The number of carbonyl (C=O) groups excluding carboxylic acids is 1. The molecule has 0 saturated heterocycles. The van der Waals surface area contributed by atoms with Crippen molar-refractivity contribution in [2.45, 2.75) is 12.8 Å². The number of ether oxygens (including phenoxy) is 1. The van der Waals surface area contributed by atoms with Gasteiger partial charge >= 0.3 is 5.97 Å². The fourth-order valence-electron chi connectivity index (χ4n) is 4.35. The zero-order valence-electron chi connectivity index (χ0n) is 20.5. The van der Waals surface area contributed by atoms with E-state index in [4.69, 9.17) is 9.72 Å². The maximum atomic E-state index is 13.7. The summed E-state index contributed by atoms with van der Waals surface area (Å²) in [6.07, 6.45) is 0. The van der Waals surface area contributed by atoms with Crippen LogP contribution in [0.4, 0.5) is 4.39 Å². The summed E-state index contributed by atoms with van der Waals surface area (Å²) < 4.78 is 21.1. The molecule has 194 valence electrons. The molecular formula is C27H24FN5O5. The molecular weight excluding hydrogens is 493 g/mol. The summed E-state index contributed by atoms with van der Waals surface area (Å²) in [6.45, 7) is 2.17. The van der Waals surface area contributed by atoms with Gasteiger partial charge in [-0.3, -0.25) is 4.79 Å². The minimum atomic E-state index is -1.09. The Morgan fingerprint density at radius 3 is 2.74 bits per heavy atom. The van der Waals surface area contributed by atoms with Gasteiger partial charge in [-0.2, -0.15) is 0 Å². The molecule has 2 aromatic heterocycles. The van der Waals surface area contributed by atoms with Crippen molar-refractivity contribution in [3.05, 3.63) is 83.2 Å². The van der Waals surface area contributed by atoms with Crippen LogP contribution in [0.5, 0.6) is 11.5 Å². The minimum absolute atomic E-state index is 0.0529. The highest BCUT2D eigenvalue weighted by Gasteiger charge is 2.21. The first kappa shape index (κ1) is 24.8. The molecule has 1 amide bonds. The Labute approximate surface area is 215 Å². The van der Waals surface area contributed by atoms with E-state index >= 15 is 0 Å². The van der Waals surface area contributed by atoms with E-state index in [1.807, 2.05) is 18.5 Å². The molecule has 11 heteroatoms. The van der Waals surface area contributed by atoms with Crippen molar-refractivity contribution in [3.8, 4) is 11.5 Å². The number of benzene rings is 3. The lowest BCUT2D eigenvalue weighted by Crippen LogP contribution is -2.28. The largest absolute Gasteiger partial charge is 0.505 e. The van der Waals surface area contributed by atoms with Gasteiger partial charge in [-0.1, -0.05) is 12.1 Å². The molecule has 38 heavy (non-hydrogen) atoms. The van der Waals surface area contributed by atoms with Crippen LogP contribution in [0.15, 0.2) is 54.6 Å². The molecule has 0 saturated carbocycles. The number of halogens is 1. The van der Waals surface area contributed by atoms with Crippen LogP contribution in [-0.4, -0.2) is 54.8 Å². The quantitative estimate of drug-likeness (QED) is 0.228. The van der Waals surface area contributed by atoms with Gasteiger partial charge in [-0.25, -0.2) is 19.2 Å². The summed E-state index contributed by atoms with van der Waals surface area (Å²) in [6, 6.07) is 13.7. The van der Waals surface area contributed by atoms with Gasteiger partial charge in [0.2, 0.25) is 0 Å². The Kier molecular flexibility index (Phi) is 6.41. The summed E-state index contributed by atoms with van der Waals surface area (Å²) in [5.41, 5.74) is 2.56. The first-order valence-electron chi connectivity index (χ1n) is 11.8. The number of aromatic nitrogens is 4. The van der Waals surface area contributed by atoms with Crippen molar-refractivity contribution in [3.63, 3.8) is 0 Å². The van der Waals surface area contributed by atoms with Crippen LogP contribution < -0.4 is 10.1 Å². The number of phenolic OH excluding ortho intramolecular Hbond substituents is 1. The molecule has 0 aliphatic carbocycles. The number of rotatable bonds is 8. The van der Waals surface area contributed by atoms with E-state index in [-0.39, 0.29) is 47.6 Å². The number of hydrogen-bond donors (Lipinski definition) is 4. The van der Waals surface area contributed by atoms with Crippen LogP contribution in [0, 0.1) is 5.82 Å². The number of carboxylic acids is 1. The van der Waals surface area contributed by atoms with Crippen LogP contribution in [0.3, 0.4) is 0 Å². The molecule has 4 N–H and O–H groups in total.